The van der Waals surface area contributed by atoms with E-state index in [9.17, 15) is 18.7 Å². The monoisotopic (exact) mass is 376 g/mol. The van der Waals surface area contributed by atoms with Crippen LogP contribution in [0.2, 0.25) is 0 Å². The van der Waals surface area contributed by atoms with Gasteiger partial charge in [0, 0.05) is 32.6 Å². The lowest BCUT2D eigenvalue weighted by Gasteiger charge is -2.39. The summed E-state index contributed by atoms with van der Waals surface area (Å²) in [6, 6.07) is 5.55. The van der Waals surface area contributed by atoms with E-state index < -0.39 is 12.2 Å². The number of alkyl halides is 2. The molecule has 2 aliphatic heterocycles. The van der Waals surface area contributed by atoms with E-state index >= 15 is 0 Å². The molecule has 144 valence electrons. The van der Waals surface area contributed by atoms with Gasteiger partial charge in [-0.3, -0.25) is 4.79 Å². The van der Waals surface area contributed by atoms with Gasteiger partial charge >= 0.3 is 0 Å². The van der Waals surface area contributed by atoms with E-state index in [-0.39, 0.29) is 37.8 Å². The number of halogens is 2. The van der Waals surface area contributed by atoms with Gasteiger partial charge in [-0.25, -0.2) is 8.78 Å². The van der Waals surface area contributed by atoms with E-state index in [1.807, 2.05) is 31.3 Å². The first-order chi connectivity index (χ1) is 12.7. The fourth-order valence-corrected chi connectivity index (χ4v) is 3.88. The number of anilines is 1. The summed E-state index contributed by atoms with van der Waals surface area (Å²) in [5.41, 5.74) is 3.19. The smallest absolute Gasteiger partial charge is 0.265 e. The first kappa shape index (κ1) is 18.0. The van der Waals surface area contributed by atoms with Crippen molar-refractivity contribution in [1.82, 2.24) is 4.90 Å². The molecular formula is C20H22F2N2O3. The molecule has 7 heteroatoms. The first-order valence-corrected chi connectivity index (χ1v) is 8.99. The Bertz CT molecular complexity index is 842. The Balaban J connectivity index is 1.63. The van der Waals surface area contributed by atoms with E-state index in [1.54, 1.807) is 22.9 Å². The first-order valence-electron chi connectivity index (χ1n) is 8.99. The van der Waals surface area contributed by atoms with Crippen molar-refractivity contribution in [3.8, 4) is 5.75 Å². The Morgan fingerprint density at radius 3 is 2.74 bits per heavy atom. The molecule has 0 radical (unpaired) electrons. The van der Waals surface area contributed by atoms with Crippen molar-refractivity contribution >= 4 is 17.2 Å². The molecule has 2 heterocycles. The molecule has 0 aromatic heterocycles. The maximum absolute atomic E-state index is 13.2. The molecule has 1 N–H and O–H groups in total. The Hall–Kier alpha value is -2.41. The number of aliphatic hydroxyl groups is 1. The minimum Gasteiger partial charge on any atom is -0.482 e. The van der Waals surface area contributed by atoms with Gasteiger partial charge in [-0.1, -0.05) is 6.07 Å². The van der Waals surface area contributed by atoms with E-state index in [1.165, 1.54) is 0 Å². The normalized spacial score (nSPS) is 24.6. The minimum atomic E-state index is -2.61. The highest BCUT2D eigenvalue weighted by molar-refractivity contribution is 5.98. The van der Waals surface area contributed by atoms with Crippen LogP contribution >= 0.6 is 0 Å². The summed E-state index contributed by atoms with van der Waals surface area (Å²) in [5, 5.41) is 10.0. The molecule has 0 spiro atoms. The van der Waals surface area contributed by atoms with Crippen LogP contribution in [-0.2, 0) is 4.79 Å². The summed E-state index contributed by atoms with van der Waals surface area (Å²) in [5.74, 6) is -2.44. The number of rotatable bonds is 3. The van der Waals surface area contributed by atoms with Gasteiger partial charge in [0.05, 0.1) is 5.69 Å². The molecule has 27 heavy (non-hydrogen) atoms. The molecule has 1 amide bonds. The van der Waals surface area contributed by atoms with Gasteiger partial charge in [0.2, 0.25) is 5.92 Å². The van der Waals surface area contributed by atoms with Crippen LogP contribution in [0.3, 0.4) is 0 Å². The van der Waals surface area contributed by atoms with Gasteiger partial charge in [-0.2, -0.15) is 0 Å². The van der Waals surface area contributed by atoms with Crippen molar-refractivity contribution < 1.29 is 23.4 Å². The summed E-state index contributed by atoms with van der Waals surface area (Å²) in [6.45, 7) is 2.05. The Kier molecular flexibility index (Phi) is 4.22. The zero-order valence-corrected chi connectivity index (χ0v) is 15.3. The van der Waals surface area contributed by atoms with Crippen molar-refractivity contribution in [2.45, 2.75) is 31.9 Å². The van der Waals surface area contributed by atoms with Crippen LogP contribution in [0.25, 0.3) is 5.57 Å². The molecule has 1 aliphatic carbocycles. The maximum atomic E-state index is 13.2. The number of likely N-dealkylation sites (N-methyl/N-ethyl adjacent to an activating group) is 1. The molecule has 1 fully saturated rings. The number of allylic oxidation sites excluding steroid dienone is 2. The Morgan fingerprint density at radius 1 is 1.33 bits per heavy atom. The number of hydrogen-bond donors (Lipinski definition) is 1. The lowest BCUT2D eigenvalue weighted by atomic mass is 9.81. The van der Waals surface area contributed by atoms with Crippen molar-refractivity contribution in [2.75, 3.05) is 25.1 Å². The SMILES string of the molecule is CC1=CC(c2ccc3c(c2)N(CC2CC(F)(F)C2)C(=O)CO3)=CN(C)C1O. The molecule has 0 saturated heterocycles. The summed E-state index contributed by atoms with van der Waals surface area (Å²) in [6.07, 6.45) is 2.72. The number of carbonyl (C=O) groups excluding carboxylic acids is 1. The van der Waals surface area contributed by atoms with Crippen LogP contribution in [0, 0.1) is 5.92 Å². The number of amides is 1. The lowest BCUT2D eigenvalue weighted by Crippen LogP contribution is -2.47. The number of nitrogens with zero attached hydrogens (tertiary/aromatic N) is 2. The molecule has 4 rings (SSSR count). The molecule has 1 aromatic rings. The van der Waals surface area contributed by atoms with Gasteiger partial charge in [0.1, 0.15) is 12.0 Å². The van der Waals surface area contributed by atoms with Crippen molar-refractivity contribution in [3.63, 3.8) is 0 Å². The fraction of sp³-hybridized carbons (Fsp3) is 0.450. The number of carbonyl (C=O) groups is 1. The largest absolute Gasteiger partial charge is 0.482 e. The molecule has 3 aliphatic rings. The molecule has 1 saturated carbocycles. The molecule has 1 aromatic carbocycles. The maximum Gasteiger partial charge on any atom is 0.265 e. The topological polar surface area (TPSA) is 53.0 Å². The zero-order valence-electron chi connectivity index (χ0n) is 15.3. The van der Waals surface area contributed by atoms with Gasteiger partial charge < -0.3 is 19.6 Å². The number of aliphatic hydroxyl groups excluding tert-OH is 1. The lowest BCUT2D eigenvalue weighted by molar-refractivity contribution is -0.125. The quantitative estimate of drug-likeness (QED) is 0.881. The predicted molar refractivity (Wildman–Crippen MR) is 97.5 cm³/mol. The molecule has 1 atom stereocenters. The van der Waals surface area contributed by atoms with E-state index in [0.29, 0.717) is 11.4 Å². The van der Waals surface area contributed by atoms with Crippen molar-refractivity contribution in [2.24, 2.45) is 5.92 Å². The second-order valence-corrected chi connectivity index (χ2v) is 7.62. The fourth-order valence-electron chi connectivity index (χ4n) is 3.88. The third kappa shape index (κ3) is 3.32. The van der Waals surface area contributed by atoms with Gasteiger partial charge in [-0.15, -0.1) is 0 Å². The standard InChI is InChI=1S/C20H22F2N2O3/c1-12-5-15(10-23(2)19(12)26)14-3-4-17-16(6-14)24(18(25)11-27-17)9-13-7-20(21,22)8-13/h3-6,10,13,19,26H,7-9,11H2,1-2H3. The van der Waals surface area contributed by atoms with Crippen LogP contribution in [0.5, 0.6) is 5.75 Å². The second kappa shape index (κ2) is 6.34. The highest BCUT2D eigenvalue weighted by Crippen LogP contribution is 2.44. The van der Waals surface area contributed by atoms with Crippen LogP contribution in [0.4, 0.5) is 14.5 Å². The Labute approximate surface area is 156 Å². The molecule has 1 unspecified atom stereocenters. The van der Waals surface area contributed by atoms with Crippen molar-refractivity contribution in [3.05, 3.63) is 41.6 Å². The highest BCUT2D eigenvalue weighted by Gasteiger charge is 2.46. The average Bonchev–Trinajstić information content (AvgIpc) is 2.59. The van der Waals surface area contributed by atoms with Gasteiger partial charge in [0.15, 0.2) is 6.61 Å². The average molecular weight is 376 g/mol. The van der Waals surface area contributed by atoms with Crippen molar-refractivity contribution in [1.29, 1.82) is 0 Å². The number of benzene rings is 1. The summed E-state index contributed by atoms with van der Waals surface area (Å²) in [4.78, 5) is 15.7. The number of ether oxygens (including phenoxy) is 1. The summed E-state index contributed by atoms with van der Waals surface area (Å²) >= 11 is 0. The van der Waals surface area contributed by atoms with Crippen LogP contribution in [-0.4, -0.2) is 48.3 Å². The van der Waals surface area contributed by atoms with Gasteiger partial charge in [0.25, 0.3) is 5.91 Å². The van der Waals surface area contributed by atoms with Crippen LogP contribution in [0.15, 0.2) is 36.0 Å². The molecule has 5 nitrogen and oxygen atoms in total. The van der Waals surface area contributed by atoms with Crippen LogP contribution in [0.1, 0.15) is 25.3 Å². The summed E-state index contributed by atoms with van der Waals surface area (Å²) < 4.78 is 31.9. The van der Waals surface area contributed by atoms with Crippen LogP contribution < -0.4 is 9.64 Å². The van der Waals surface area contributed by atoms with Gasteiger partial charge in [-0.05, 0) is 47.8 Å². The third-order valence-electron chi connectivity index (χ3n) is 5.37. The third-order valence-corrected chi connectivity index (χ3v) is 5.37. The Morgan fingerprint density at radius 2 is 2.07 bits per heavy atom. The predicted octanol–water partition coefficient (Wildman–Crippen LogP) is 3.01. The minimum absolute atomic E-state index is 0.0773. The van der Waals surface area contributed by atoms with E-state index in [2.05, 4.69) is 0 Å². The molecule has 0 bridgehead atoms. The number of hydrogen-bond acceptors (Lipinski definition) is 4. The highest BCUT2D eigenvalue weighted by atomic mass is 19.3. The summed E-state index contributed by atoms with van der Waals surface area (Å²) in [7, 11) is 1.79. The van der Waals surface area contributed by atoms with E-state index in [4.69, 9.17) is 4.74 Å². The van der Waals surface area contributed by atoms with E-state index in [0.717, 1.165) is 16.7 Å². The second-order valence-electron chi connectivity index (χ2n) is 7.62. The molecular weight excluding hydrogens is 354 g/mol. The zero-order chi connectivity index (χ0) is 19.3. The number of fused-ring (bicyclic) bond motifs is 1.